The summed E-state index contributed by atoms with van der Waals surface area (Å²) >= 11 is 6.05. The molecule has 0 aliphatic carbocycles. The van der Waals surface area contributed by atoms with Gasteiger partial charge in [-0.25, -0.2) is 0 Å². The van der Waals surface area contributed by atoms with Crippen LogP contribution in [0.4, 0.5) is 5.69 Å². The van der Waals surface area contributed by atoms with Crippen molar-refractivity contribution in [1.82, 2.24) is 0 Å². The van der Waals surface area contributed by atoms with Crippen LogP contribution in [0, 0.1) is 23.7 Å². The summed E-state index contributed by atoms with van der Waals surface area (Å²) in [6.45, 7) is 2.78. The van der Waals surface area contributed by atoms with E-state index in [1.165, 1.54) is 0 Å². The zero-order chi connectivity index (χ0) is 13.9. The summed E-state index contributed by atoms with van der Waals surface area (Å²) in [6.07, 6.45) is 0.831. The third kappa shape index (κ3) is 2.89. The number of amides is 1. The normalized spacial score (nSPS) is 17.5. The number of halogens is 1. The summed E-state index contributed by atoms with van der Waals surface area (Å²) in [4.78, 5) is 12.3. The molecule has 0 bridgehead atoms. The van der Waals surface area contributed by atoms with Crippen LogP contribution >= 0.6 is 11.6 Å². The lowest BCUT2D eigenvalue weighted by Crippen LogP contribution is -2.40. The van der Waals surface area contributed by atoms with E-state index < -0.39 is 5.41 Å². The fourth-order valence-corrected chi connectivity index (χ4v) is 2.25. The number of rotatable bonds is 2. The maximum Gasteiger partial charge on any atom is 0.245 e. The summed E-state index contributed by atoms with van der Waals surface area (Å²) in [7, 11) is 0. The van der Waals surface area contributed by atoms with Gasteiger partial charge in [0.2, 0.25) is 5.91 Å². The second-order valence-electron chi connectivity index (χ2n) is 4.74. The van der Waals surface area contributed by atoms with Gasteiger partial charge in [0, 0.05) is 13.2 Å². The van der Waals surface area contributed by atoms with Gasteiger partial charge in [-0.1, -0.05) is 17.7 Å². The molecule has 2 rings (SSSR count). The van der Waals surface area contributed by atoms with E-state index in [4.69, 9.17) is 16.3 Å². The molecule has 0 aromatic heterocycles. The summed E-state index contributed by atoms with van der Waals surface area (Å²) in [5.74, 6) is -0.300. The summed E-state index contributed by atoms with van der Waals surface area (Å²) in [5.41, 5.74) is 0.538. The van der Waals surface area contributed by atoms with E-state index in [1.807, 2.05) is 13.0 Å². The van der Waals surface area contributed by atoms with Crippen LogP contribution < -0.4 is 5.32 Å². The predicted octanol–water partition coefficient (Wildman–Crippen LogP) is 2.91. The smallest absolute Gasteiger partial charge is 0.245 e. The highest BCUT2D eigenvalue weighted by Gasteiger charge is 2.40. The second kappa shape index (κ2) is 5.60. The molecule has 1 saturated heterocycles. The topological polar surface area (TPSA) is 62.1 Å². The molecular formula is C14H15ClN2O2. The lowest BCUT2D eigenvalue weighted by Gasteiger charge is -2.29. The monoisotopic (exact) mass is 278 g/mol. The molecule has 0 saturated carbocycles. The molecule has 1 fully saturated rings. The lowest BCUT2D eigenvalue weighted by molar-refractivity contribution is -0.126. The highest BCUT2D eigenvalue weighted by atomic mass is 35.5. The standard InChI is InChI=1S/C14H15ClN2O2/c1-10-2-3-11(15)12(8-10)17-13(18)14(9-16)4-6-19-7-5-14/h2-3,8H,4-7H2,1H3,(H,17,18). The number of nitriles is 1. The molecular weight excluding hydrogens is 264 g/mol. The molecule has 1 aromatic rings. The van der Waals surface area contributed by atoms with Crippen LogP contribution in [0.15, 0.2) is 18.2 Å². The number of nitrogens with one attached hydrogen (secondary N) is 1. The number of aryl methyl sites for hydroxylation is 1. The van der Waals surface area contributed by atoms with Gasteiger partial charge in [-0.2, -0.15) is 5.26 Å². The van der Waals surface area contributed by atoms with Crippen LogP contribution in [0.25, 0.3) is 0 Å². The Labute approximate surface area is 117 Å². The third-order valence-corrected chi connectivity index (χ3v) is 3.69. The van der Waals surface area contributed by atoms with Crippen molar-refractivity contribution in [1.29, 1.82) is 5.26 Å². The molecule has 19 heavy (non-hydrogen) atoms. The Kier molecular flexibility index (Phi) is 4.08. The molecule has 0 radical (unpaired) electrons. The van der Waals surface area contributed by atoms with E-state index in [-0.39, 0.29) is 5.91 Å². The number of carbonyl (C=O) groups is 1. The van der Waals surface area contributed by atoms with Gasteiger partial charge < -0.3 is 10.1 Å². The maximum absolute atomic E-state index is 12.3. The molecule has 1 heterocycles. The van der Waals surface area contributed by atoms with Crippen molar-refractivity contribution >= 4 is 23.2 Å². The second-order valence-corrected chi connectivity index (χ2v) is 5.15. The van der Waals surface area contributed by atoms with E-state index in [1.54, 1.807) is 12.1 Å². The average molecular weight is 279 g/mol. The van der Waals surface area contributed by atoms with Gasteiger partial charge in [0.05, 0.1) is 16.8 Å². The fraction of sp³-hybridized carbons (Fsp3) is 0.429. The number of hydrogen-bond acceptors (Lipinski definition) is 3. The van der Waals surface area contributed by atoms with Crippen LogP contribution in [0.3, 0.4) is 0 Å². The van der Waals surface area contributed by atoms with E-state index >= 15 is 0 Å². The molecule has 0 spiro atoms. The van der Waals surface area contributed by atoms with Gasteiger partial charge in [-0.05, 0) is 37.5 Å². The van der Waals surface area contributed by atoms with Crippen molar-refractivity contribution in [3.05, 3.63) is 28.8 Å². The molecule has 1 aliphatic rings. The van der Waals surface area contributed by atoms with Gasteiger partial charge in [0.25, 0.3) is 0 Å². The zero-order valence-corrected chi connectivity index (χ0v) is 11.5. The Balaban J connectivity index is 2.20. The van der Waals surface area contributed by atoms with E-state index in [0.29, 0.717) is 36.8 Å². The average Bonchev–Trinajstić information content (AvgIpc) is 2.43. The fourth-order valence-electron chi connectivity index (χ4n) is 2.09. The van der Waals surface area contributed by atoms with Gasteiger partial charge >= 0.3 is 0 Å². The highest BCUT2D eigenvalue weighted by molar-refractivity contribution is 6.33. The number of anilines is 1. The van der Waals surface area contributed by atoms with Crippen molar-refractivity contribution in [2.75, 3.05) is 18.5 Å². The first-order chi connectivity index (χ1) is 9.07. The number of hydrogen-bond donors (Lipinski definition) is 1. The van der Waals surface area contributed by atoms with Crippen molar-refractivity contribution in [3.8, 4) is 6.07 Å². The zero-order valence-electron chi connectivity index (χ0n) is 10.7. The van der Waals surface area contributed by atoms with Crippen molar-refractivity contribution in [2.45, 2.75) is 19.8 Å². The molecule has 0 unspecified atom stereocenters. The summed E-state index contributed by atoms with van der Waals surface area (Å²) in [6, 6.07) is 7.53. The van der Waals surface area contributed by atoms with Gasteiger partial charge in [-0.15, -0.1) is 0 Å². The van der Waals surface area contributed by atoms with Crippen LogP contribution in [-0.2, 0) is 9.53 Å². The summed E-state index contributed by atoms with van der Waals surface area (Å²) in [5, 5.41) is 12.5. The van der Waals surface area contributed by atoms with E-state index in [2.05, 4.69) is 11.4 Å². The number of carbonyl (C=O) groups excluding carboxylic acids is 1. The van der Waals surface area contributed by atoms with Crippen molar-refractivity contribution < 1.29 is 9.53 Å². The summed E-state index contributed by atoms with van der Waals surface area (Å²) < 4.78 is 5.21. The largest absolute Gasteiger partial charge is 0.381 e. The van der Waals surface area contributed by atoms with Crippen LogP contribution in [-0.4, -0.2) is 19.1 Å². The van der Waals surface area contributed by atoms with E-state index in [0.717, 1.165) is 5.56 Å². The van der Waals surface area contributed by atoms with Crippen LogP contribution in [0.2, 0.25) is 5.02 Å². The van der Waals surface area contributed by atoms with Crippen LogP contribution in [0.1, 0.15) is 18.4 Å². The minimum atomic E-state index is -1.01. The minimum Gasteiger partial charge on any atom is -0.381 e. The minimum absolute atomic E-state index is 0.300. The number of benzene rings is 1. The highest BCUT2D eigenvalue weighted by Crippen LogP contribution is 2.32. The molecule has 1 aromatic carbocycles. The lowest BCUT2D eigenvalue weighted by atomic mass is 9.81. The first-order valence-electron chi connectivity index (χ1n) is 6.14. The molecule has 5 heteroatoms. The predicted molar refractivity (Wildman–Crippen MR) is 72.9 cm³/mol. The molecule has 1 amide bonds. The Bertz CT molecular complexity index is 531. The van der Waals surface area contributed by atoms with Crippen molar-refractivity contribution in [3.63, 3.8) is 0 Å². The Morgan fingerprint density at radius 3 is 2.79 bits per heavy atom. The molecule has 4 nitrogen and oxygen atoms in total. The Hall–Kier alpha value is -1.57. The Morgan fingerprint density at radius 1 is 1.47 bits per heavy atom. The first kappa shape index (κ1) is 13.9. The molecule has 0 atom stereocenters. The third-order valence-electron chi connectivity index (χ3n) is 3.37. The number of nitrogens with zero attached hydrogens (tertiary/aromatic N) is 1. The first-order valence-corrected chi connectivity index (χ1v) is 6.52. The number of ether oxygens (including phenoxy) is 1. The maximum atomic E-state index is 12.3. The van der Waals surface area contributed by atoms with Crippen molar-refractivity contribution in [2.24, 2.45) is 5.41 Å². The molecule has 1 aliphatic heterocycles. The Morgan fingerprint density at radius 2 is 2.16 bits per heavy atom. The van der Waals surface area contributed by atoms with Gasteiger partial charge in [-0.3, -0.25) is 4.79 Å². The quantitative estimate of drug-likeness (QED) is 0.905. The van der Waals surface area contributed by atoms with Gasteiger partial charge in [0.1, 0.15) is 5.41 Å². The molecule has 1 N–H and O–H groups in total. The van der Waals surface area contributed by atoms with Gasteiger partial charge in [0.15, 0.2) is 0 Å². The van der Waals surface area contributed by atoms with Crippen LogP contribution in [0.5, 0.6) is 0 Å². The molecule has 100 valence electrons. The van der Waals surface area contributed by atoms with E-state index in [9.17, 15) is 10.1 Å². The SMILES string of the molecule is Cc1ccc(Cl)c(NC(=O)C2(C#N)CCOCC2)c1.